The second-order valence-corrected chi connectivity index (χ2v) is 2.76. The Hall–Kier alpha value is -0.940. The maximum absolute atomic E-state index is 11.1. The Morgan fingerprint density at radius 2 is 2.23 bits per heavy atom. The van der Waals surface area contributed by atoms with E-state index in [4.69, 9.17) is 0 Å². The predicted molar refractivity (Wildman–Crippen MR) is 39.2 cm³/mol. The number of rotatable bonds is 1. The van der Waals surface area contributed by atoms with Crippen LogP contribution >= 0.6 is 0 Å². The molecule has 1 aliphatic rings. The number of imide groups is 1. The van der Waals surface area contributed by atoms with Crippen molar-refractivity contribution in [2.45, 2.75) is 6.92 Å². The minimum absolute atomic E-state index is 0. The van der Waals surface area contributed by atoms with Crippen molar-refractivity contribution in [1.82, 2.24) is 4.90 Å². The molecule has 1 atom stereocenters. The van der Waals surface area contributed by atoms with E-state index in [2.05, 4.69) is 0 Å². The van der Waals surface area contributed by atoms with E-state index in [0.29, 0.717) is 24.4 Å². The quantitative estimate of drug-likeness (QED) is 0.436. The lowest BCUT2D eigenvalue weighted by atomic mass is 10.3. The summed E-state index contributed by atoms with van der Waals surface area (Å²) >= 11 is 0. The van der Waals surface area contributed by atoms with Gasteiger partial charge >= 0.3 is 12.3 Å². The first kappa shape index (κ1) is 12.1. The van der Waals surface area contributed by atoms with E-state index in [-0.39, 0.29) is 30.8 Å². The molecule has 6 heteroatoms. The Bertz CT molecular complexity index is 232. The number of piperazine rings is 1. The van der Waals surface area contributed by atoms with Crippen LogP contribution in [0.4, 0.5) is 0 Å². The molecule has 1 N–H and O–H groups in total. The molecule has 0 aromatic rings. The smallest absolute Gasteiger partial charge is 0.338 e. The molecule has 1 saturated heterocycles. The predicted octanol–water partition coefficient (Wildman–Crippen LogP) is -5.58. The van der Waals surface area contributed by atoms with Crippen molar-refractivity contribution >= 4 is 18.2 Å². The van der Waals surface area contributed by atoms with Crippen LogP contribution in [0.5, 0.6) is 0 Å². The largest absolute Gasteiger partial charge is 1.00 e. The van der Waals surface area contributed by atoms with E-state index in [1.807, 2.05) is 0 Å². The molecule has 0 spiro atoms. The molecule has 1 aliphatic heterocycles. The highest BCUT2D eigenvalue weighted by atomic mass is 35.5. The third kappa shape index (κ3) is 2.78. The summed E-state index contributed by atoms with van der Waals surface area (Å²) in [6, 6.07) is 0. The van der Waals surface area contributed by atoms with Crippen molar-refractivity contribution in [3.8, 4) is 0 Å². The van der Waals surface area contributed by atoms with Crippen LogP contribution in [0, 0.1) is 0 Å². The lowest BCUT2D eigenvalue weighted by Crippen LogP contribution is -3.16. The van der Waals surface area contributed by atoms with E-state index in [1.54, 1.807) is 0 Å². The van der Waals surface area contributed by atoms with Gasteiger partial charge in [-0.1, -0.05) is 0 Å². The highest BCUT2D eigenvalue weighted by Gasteiger charge is 2.29. The Morgan fingerprint density at radius 3 is 2.62 bits per heavy atom. The van der Waals surface area contributed by atoms with Gasteiger partial charge in [-0.05, 0) is 0 Å². The first-order valence-electron chi connectivity index (χ1n) is 3.75. The van der Waals surface area contributed by atoms with E-state index in [9.17, 15) is 14.4 Å². The summed E-state index contributed by atoms with van der Waals surface area (Å²) in [6.07, 6.45) is 0.583. The Balaban J connectivity index is 0.00000144. The fourth-order valence-corrected chi connectivity index (χ4v) is 1.14. The van der Waals surface area contributed by atoms with Gasteiger partial charge < -0.3 is 17.3 Å². The zero-order chi connectivity index (χ0) is 9.14. The molecule has 0 aromatic heterocycles. The number of amides is 3. The third-order valence-electron chi connectivity index (χ3n) is 1.93. The number of halogens is 1. The first-order chi connectivity index (χ1) is 5.65. The van der Waals surface area contributed by atoms with Crippen LogP contribution < -0.4 is 17.3 Å². The molecule has 13 heavy (non-hydrogen) atoms. The average Bonchev–Trinajstić information content (AvgIpc) is 2.04. The van der Waals surface area contributed by atoms with Gasteiger partial charge in [0.2, 0.25) is 5.91 Å². The summed E-state index contributed by atoms with van der Waals surface area (Å²) in [7, 11) is 0. The summed E-state index contributed by atoms with van der Waals surface area (Å²) in [4.78, 5) is 33.9. The summed E-state index contributed by atoms with van der Waals surface area (Å²) in [6.45, 7) is 2.35. The molecule has 0 aliphatic carbocycles. The number of carbonyl (C=O) groups excluding carboxylic acids is 3. The van der Waals surface area contributed by atoms with Gasteiger partial charge in [-0.3, -0.25) is 4.79 Å². The number of hydrogen-bond acceptors (Lipinski definition) is 3. The normalized spacial score (nSPS) is 22.1. The van der Waals surface area contributed by atoms with Crippen LogP contribution in [0.2, 0.25) is 0 Å². The fourth-order valence-electron chi connectivity index (χ4n) is 1.14. The summed E-state index contributed by atoms with van der Waals surface area (Å²) in [5.41, 5.74) is 0. The Kier molecular flexibility index (Phi) is 4.58. The van der Waals surface area contributed by atoms with Gasteiger partial charge in [-0.2, -0.15) is 0 Å². The van der Waals surface area contributed by atoms with Crippen molar-refractivity contribution in [3.05, 3.63) is 0 Å². The average molecular weight is 207 g/mol. The molecule has 0 saturated carbocycles. The monoisotopic (exact) mass is 206 g/mol. The minimum Gasteiger partial charge on any atom is -1.00 e. The minimum atomic E-state index is -0.230. The molecule has 0 radical (unpaired) electrons. The SMILES string of the molecule is CC(=O)N1CC[NH+](C=O)C(=O)C1.[Cl-]. The number of quaternary nitrogens is 1. The van der Waals surface area contributed by atoms with Crippen LogP contribution in [0.15, 0.2) is 0 Å². The maximum Gasteiger partial charge on any atom is 0.338 e. The van der Waals surface area contributed by atoms with Crippen molar-refractivity contribution < 1.29 is 31.7 Å². The molecular formula is C7H11ClN2O3. The zero-order valence-electron chi connectivity index (χ0n) is 7.25. The molecule has 5 nitrogen and oxygen atoms in total. The number of hydrogen-bond donors (Lipinski definition) is 1. The van der Waals surface area contributed by atoms with Crippen molar-refractivity contribution in [2.24, 2.45) is 0 Å². The summed E-state index contributed by atoms with van der Waals surface area (Å²) < 4.78 is 0. The molecule has 0 bridgehead atoms. The Labute approximate surface area is 82.1 Å². The second-order valence-electron chi connectivity index (χ2n) is 2.76. The molecule has 1 fully saturated rings. The third-order valence-corrected chi connectivity index (χ3v) is 1.93. The van der Waals surface area contributed by atoms with Gasteiger partial charge in [0.1, 0.15) is 13.1 Å². The van der Waals surface area contributed by atoms with E-state index in [0.717, 1.165) is 0 Å². The lowest BCUT2D eigenvalue weighted by molar-refractivity contribution is -0.732. The number of nitrogens with one attached hydrogen (secondary N) is 1. The molecule has 1 heterocycles. The van der Waals surface area contributed by atoms with E-state index < -0.39 is 0 Å². The van der Waals surface area contributed by atoms with Gasteiger partial charge in [0.15, 0.2) is 0 Å². The van der Waals surface area contributed by atoms with Gasteiger partial charge in [0.05, 0.1) is 6.54 Å². The maximum atomic E-state index is 11.1. The lowest BCUT2D eigenvalue weighted by Gasteiger charge is -2.25. The molecular weight excluding hydrogens is 196 g/mol. The number of nitrogens with zero attached hydrogens (tertiary/aromatic N) is 1. The first-order valence-corrected chi connectivity index (χ1v) is 3.75. The van der Waals surface area contributed by atoms with E-state index in [1.165, 1.54) is 11.8 Å². The summed E-state index contributed by atoms with van der Waals surface area (Å²) in [5, 5.41) is 0. The van der Waals surface area contributed by atoms with Crippen molar-refractivity contribution in [3.63, 3.8) is 0 Å². The topological polar surface area (TPSA) is 58.9 Å². The fraction of sp³-hybridized carbons (Fsp3) is 0.571. The standard InChI is InChI=1S/C7H10N2O3.ClH/c1-6(11)8-2-3-9(5-10)7(12)4-8;/h5H,2-4H2,1H3;1H. The van der Waals surface area contributed by atoms with Gasteiger partial charge in [0, 0.05) is 6.92 Å². The molecule has 3 amide bonds. The van der Waals surface area contributed by atoms with Crippen LogP contribution in [0.1, 0.15) is 6.92 Å². The molecule has 74 valence electrons. The van der Waals surface area contributed by atoms with E-state index >= 15 is 0 Å². The highest BCUT2D eigenvalue weighted by molar-refractivity contribution is 5.82. The molecule has 1 unspecified atom stereocenters. The highest BCUT2D eigenvalue weighted by Crippen LogP contribution is 1.89. The molecule has 1 rings (SSSR count). The van der Waals surface area contributed by atoms with Crippen molar-refractivity contribution in [1.29, 1.82) is 0 Å². The summed E-state index contributed by atoms with van der Waals surface area (Å²) in [5.74, 6) is -0.347. The van der Waals surface area contributed by atoms with Crippen molar-refractivity contribution in [2.75, 3.05) is 19.6 Å². The van der Waals surface area contributed by atoms with Crippen LogP contribution in [-0.2, 0) is 14.4 Å². The van der Waals surface area contributed by atoms with Gasteiger partial charge in [-0.15, -0.1) is 0 Å². The zero-order valence-corrected chi connectivity index (χ0v) is 8.00. The second kappa shape index (κ2) is 4.94. The van der Waals surface area contributed by atoms with Crippen LogP contribution in [0.3, 0.4) is 0 Å². The number of carbonyl (C=O) groups is 3. The Morgan fingerprint density at radius 1 is 1.62 bits per heavy atom. The molecule has 0 aromatic carbocycles. The van der Waals surface area contributed by atoms with Gasteiger partial charge in [0.25, 0.3) is 0 Å². The van der Waals surface area contributed by atoms with Crippen LogP contribution in [-0.4, -0.2) is 42.8 Å². The van der Waals surface area contributed by atoms with Crippen LogP contribution in [0.25, 0.3) is 0 Å². The van der Waals surface area contributed by atoms with Gasteiger partial charge in [-0.25, -0.2) is 14.5 Å².